The first kappa shape index (κ1) is 28.6. The van der Waals surface area contributed by atoms with Crippen LogP contribution in [0.1, 0.15) is 27.2 Å². The molecule has 0 aliphatic carbocycles. The van der Waals surface area contributed by atoms with E-state index in [-0.39, 0.29) is 19.6 Å². The molecule has 5 heteroatoms. The Morgan fingerprint density at radius 2 is 1.30 bits per heavy atom. The van der Waals surface area contributed by atoms with E-state index < -0.39 is 15.3 Å². The molecule has 2 nitrogen and oxygen atoms in total. The summed E-state index contributed by atoms with van der Waals surface area (Å²) in [5.74, 6) is 0. The number of aliphatic hydroxyl groups excluding tert-OH is 1. The van der Waals surface area contributed by atoms with Gasteiger partial charge in [0.15, 0.2) is 0 Å². The van der Waals surface area contributed by atoms with Crippen molar-refractivity contribution in [3.63, 3.8) is 0 Å². The van der Waals surface area contributed by atoms with Crippen molar-refractivity contribution >= 4 is 45.0 Å². The van der Waals surface area contributed by atoms with Crippen molar-refractivity contribution in [3.8, 4) is 0 Å². The van der Waals surface area contributed by atoms with Crippen LogP contribution in [0.3, 0.4) is 0 Å². The third kappa shape index (κ3) is 15.0. The van der Waals surface area contributed by atoms with Crippen LogP contribution in [-0.2, 0) is 15.3 Å². The van der Waals surface area contributed by atoms with Gasteiger partial charge in [-0.25, -0.2) is 0 Å². The number of benzene rings is 2. The minimum atomic E-state index is -1.64. The second-order valence-electron chi connectivity index (χ2n) is 6.48. The van der Waals surface area contributed by atoms with Gasteiger partial charge in [0, 0.05) is 6.61 Å². The minimum Gasteiger partial charge on any atom is -0.358 e. The Morgan fingerprint density at radius 1 is 1.04 bits per heavy atom. The fourth-order valence-corrected chi connectivity index (χ4v) is 1.90. The van der Waals surface area contributed by atoms with Gasteiger partial charge in [-0.1, -0.05) is 57.2 Å². The topological polar surface area (TPSA) is 44.0 Å². The smallest absolute Gasteiger partial charge is 0.0771 e. The molecule has 0 aromatic heterocycles. The molecule has 0 fully saturated rings. The molecular formula is C22H31Cl2NOTi-4. The van der Waals surface area contributed by atoms with E-state index in [2.05, 4.69) is 66.3 Å². The predicted molar refractivity (Wildman–Crippen MR) is 123 cm³/mol. The molecule has 0 aliphatic heterocycles. The zero-order valence-electron chi connectivity index (χ0n) is 16.7. The van der Waals surface area contributed by atoms with Crippen molar-refractivity contribution in [2.45, 2.75) is 32.7 Å². The zero-order valence-corrected chi connectivity index (χ0v) is 19.8. The van der Waals surface area contributed by atoms with Crippen molar-refractivity contribution in [2.24, 2.45) is 0 Å². The molecule has 0 bridgehead atoms. The van der Waals surface area contributed by atoms with Gasteiger partial charge in [0.1, 0.15) is 0 Å². The molecule has 0 amide bonds. The fourth-order valence-electron chi connectivity index (χ4n) is 1.90. The molecule has 152 valence electrons. The first-order valence-corrected chi connectivity index (χ1v) is 13.7. The maximum Gasteiger partial charge on any atom is -0.0771 e. The largest absolute Gasteiger partial charge is 0.358 e. The molecule has 0 saturated carbocycles. The molecule has 0 aliphatic rings. The average Bonchev–Trinajstić information content (AvgIpc) is 2.92. The molecule has 0 radical (unpaired) electrons. The summed E-state index contributed by atoms with van der Waals surface area (Å²) in [5, 5.41) is 13.2. The number of fused-ring (bicyclic) bond motifs is 3. The number of aliphatic hydroxyl groups is 1. The van der Waals surface area contributed by atoms with Crippen molar-refractivity contribution in [3.05, 3.63) is 74.7 Å². The van der Waals surface area contributed by atoms with E-state index in [0.29, 0.717) is 6.42 Å². The van der Waals surface area contributed by atoms with Gasteiger partial charge < -0.3 is 25.2 Å². The number of nitrogens with one attached hydrogen (secondary N) is 1. The summed E-state index contributed by atoms with van der Waals surface area (Å²) in [7, 11) is 10.2. The Morgan fingerprint density at radius 3 is 1.56 bits per heavy atom. The predicted octanol–water partition coefficient (Wildman–Crippen LogP) is 7.55. The van der Waals surface area contributed by atoms with E-state index in [1.807, 2.05) is 20.8 Å². The second kappa shape index (κ2) is 15.3. The van der Waals surface area contributed by atoms with Gasteiger partial charge in [-0.05, 0) is 0 Å². The Kier molecular flexibility index (Phi) is 16.2. The van der Waals surface area contributed by atoms with E-state index in [1.165, 1.54) is 21.5 Å². The van der Waals surface area contributed by atoms with E-state index in [1.54, 1.807) is 0 Å². The molecule has 3 rings (SSSR count). The van der Waals surface area contributed by atoms with Crippen LogP contribution in [0, 0.1) is 14.4 Å². The molecule has 0 heterocycles. The molecule has 0 unspecified atom stereocenters. The van der Waals surface area contributed by atoms with E-state index >= 15 is 0 Å². The van der Waals surface area contributed by atoms with Crippen LogP contribution in [0.15, 0.2) is 54.6 Å². The first-order valence-electron chi connectivity index (χ1n) is 8.28. The molecular weight excluding hydrogens is 413 g/mol. The molecule has 0 saturated heterocycles. The molecule has 0 spiro atoms. The van der Waals surface area contributed by atoms with Gasteiger partial charge >= 0.3 is 38.7 Å². The first-order chi connectivity index (χ1) is 12.1. The molecule has 3 aromatic rings. The molecule has 2 N–H and O–H groups in total. The van der Waals surface area contributed by atoms with Crippen molar-refractivity contribution in [2.75, 3.05) is 6.61 Å². The number of hydrogen-bond donors (Lipinski definition) is 1. The van der Waals surface area contributed by atoms with Gasteiger partial charge in [-0.3, -0.25) is 0 Å². The summed E-state index contributed by atoms with van der Waals surface area (Å²) in [6.45, 7) is 9.12. The normalized spacial score (nSPS) is 9.63. The summed E-state index contributed by atoms with van der Waals surface area (Å²) >= 11 is -1.64. The summed E-state index contributed by atoms with van der Waals surface area (Å²) in [5.41, 5.74) is 6.69. The maximum atomic E-state index is 7.81. The standard InChI is InChI=1S/C13H9.C4H10N.C3H7O.CH3.CH2.2ClH.Ti/c1-3-7-12-10(5-1)9-11-6-2-4-8-13(11)12;1-4(2,3)5;1-2-3-4;;;;;/h1-9H;5H,1-3H3;4H,1-3H2;1H3;1H2;2*1H;/q4*-1;;;;+2/p-2. The third-order valence-corrected chi connectivity index (χ3v) is 2.68. The fraction of sp³-hybridized carbons (Fsp3) is 0.273. The SMILES string of the molecule is CC(C)(C)[NH-].[CH2-]CCO.[CH2]=[Ti]([Cl])[Cl].[CH3-].c1ccc2c(c1)[cH-]c1ccccc12. The van der Waals surface area contributed by atoms with Gasteiger partial charge in [0.2, 0.25) is 0 Å². The Hall–Kier alpha value is -0.606. The van der Waals surface area contributed by atoms with Crippen LogP contribution in [0.4, 0.5) is 0 Å². The Balaban J connectivity index is 0. The minimum absolute atomic E-state index is 0. The molecule has 27 heavy (non-hydrogen) atoms. The van der Waals surface area contributed by atoms with Crippen LogP contribution in [0.2, 0.25) is 0 Å². The third-order valence-electron chi connectivity index (χ3n) is 2.68. The van der Waals surface area contributed by atoms with Crippen LogP contribution in [0.5, 0.6) is 0 Å². The Labute approximate surface area is 178 Å². The van der Waals surface area contributed by atoms with Crippen molar-refractivity contribution in [1.82, 2.24) is 0 Å². The maximum absolute atomic E-state index is 7.81. The average molecular weight is 444 g/mol. The quantitative estimate of drug-likeness (QED) is 0.306. The van der Waals surface area contributed by atoms with Gasteiger partial charge in [0.05, 0.1) is 0 Å². The number of halogens is 2. The van der Waals surface area contributed by atoms with Gasteiger partial charge in [0.25, 0.3) is 0 Å². The molecule has 0 atom stereocenters. The van der Waals surface area contributed by atoms with E-state index in [4.69, 9.17) is 29.5 Å². The van der Waals surface area contributed by atoms with Crippen LogP contribution >= 0.6 is 18.6 Å². The van der Waals surface area contributed by atoms with E-state index in [0.717, 1.165) is 0 Å². The summed E-state index contributed by atoms with van der Waals surface area (Å²) in [4.78, 5) is 3.34. The van der Waals surface area contributed by atoms with E-state index in [9.17, 15) is 0 Å². The number of rotatable bonds is 1. The van der Waals surface area contributed by atoms with Gasteiger partial charge in [-0.2, -0.15) is 6.42 Å². The second-order valence-corrected chi connectivity index (χ2v) is 12.1. The summed E-state index contributed by atoms with van der Waals surface area (Å²) < 4.78 is 0. The van der Waals surface area contributed by atoms with Crippen LogP contribution in [-0.4, -0.2) is 22.1 Å². The van der Waals surface area contributed by atoms with Crippen LogP contribution < -0.4 is 0 Å². The Bertz CT molecular complexity index is 716. The van der Waals surface area contributed by atoms with Crippen molar-refractivity contribution in [1.29, 1.82) is 0 Å². The monoisotopic (exact) mass is 443 g/mol. The zero-order chi connectivity index (χ0) is 20.2. The summed E-state index contributed by atoms with van der Waals surface area (Å²) in [6, 6.07) is 19.3. The van der Waals surface area contributed by atoms with Crippen LogP contribution in [0.25, 0.3) is 27.3 Å². The van der Waals surface area contributed by atoms with Gasteiger partial charge in [-0.15, -0.1) is 45.3 Å². The van der Waals surface area contributed by atoms with Crippen molar-refractivity contribution < 1.29 is 20.4 Å². The molecule has 3 aromatic carbocycles. The number of hydrogen-bond acceptors (Lipinski definition) is 1. The summed E-state index contributed by atoms with van der Waals surface area (Å²) in [6.07, 6.45) is 0.625.